The zero-order valence-corrected chi connectivity index (χ0v) is 12.9. The van der Waals surface area contributed by atoms with Crippen LogP contribution in [0.15, 0.2) is 0 Å². The van der Waals surface area contributed by atoms with Gasteiger partial charge in [0, 0.05) is 18.6 Å². The van der Waals surface area contributed by atoms with E-state index in [4.69, 9.17) is 0 Å². The van der Waals surface area contributed by atoms with Crippen LogP contribution < -0.4 is 5.32 Å². The van der Waals surface area contributed by atoms with Crippen molar-refractivity contribution in [2.45, 2.75) is 70.9 Å². The second-order valence-corrected chi connectivity index (χ2v) is 7.56. The van der Waals surface area contributed by atoms with E-state index < -0.39 is 0 Å². The van der Waals surface area contributed by atoms with E-state index in [0.29, 0.717) is 0 Å². The minimum absolute atomic E-state index is 0.834. The fraction of sp³-hybridized carbons (Fsp3) is 1.00. The molecule has 1 N–H and O–H groups in total. The summed E-state index contributed by atoms with van der Waals surface area (Å²) in [6.45, 7) is 8.94. The van der Waals surface area contributed by atoms with Gasteiger partial charge in [0.1, 0.15) is 0 Å². The van der Waals surface area contributed by atoms with Gasteiger partial charge in [0.05, 0.1) is 0 Å². The normalized spacial score (nSPS) is 45.5. The maximum absolute atomic E-state index is 3.74. The van der Waals surface area contributed by atoms with Gasteiger partial charge in [0.25, 0.3) is 0 Å². The van der Waals surface area contributed by atoms with Gasteiger partial charge in [-0.25, -0.2) is 0 Å². The van der Waals surface area contributed by atoms with Crippen molar-refractivity contribution in [1.82, 2.24) is 10.2 Å². The van der Waals surface area contributed by atoms with Crippen molar-refractivity contribution in [2.75, 3.05) is 19.6 Å². The molecule has 2 saturated heterocycles. The predicted molar refractivity (Wildman–Crippen MR) is 81.3 cm³/mol. The van der Waals surface area contributed by atoms with Crippen LogP contribution in [0.25, 0.3) is 0 Å². The number of hydrogen-bond acceptors (Lipinski definition) is 2. The van der Waals surface area contributed by atoms with Crippen LogP contribution in [0.2, 0.25) is 0 Å². The van der Waals surface area contributed by atoms with Gasteiger partial charge >= 0.3 is 0 Å². The third-order valence-corrected chi connectivity index (χ3v) is 6.01. The number of piperidine rings is 1. The second kappa shape index (κ2) is 6.13. The molecule has 1 aliphatic carbocycles. The monoisotopic (exact) mass is 264 g/mol. The van der Waals surface area contributed by atoms with Crippen LogP contribution in [0.4, 0.5) is 0 Å². The van der Waals surface area contributed by atoms with Crippen molar-refractivity contribution < 1.29 is 0 Å². The summed E-state index contributed by atoms with van der Waals surface area (Å²) in [5.74, 6) is 2.81. The van der Waals surface area contributed by atoms with Crippen molar-refractivity contribution in [2.24, 2.45) is 17.8 Å². The SMILES string of the molecule is CC1CCC(N2CCCC(C3CCCN3)C2)C(C)C1. The summed E-state index contributed by atoms with van der Waals surface area (Å²) in [4.78, 5) is 2.87. The molecular weight excluding hydrogens is 232 g/mol. The molecule has 5 unspecified atom stereocenters. The Morgan fingerprint density at radius 2 is 1.89 bits per heavy atom. The Morgan fingerprint density at radius 3 is 2.63 bits per heavy atom. The highest BCUT2D eigenvalue weighted by atomic mass is 15.2. The Bertz CT molecular complexity index is 285. The number of likely N-dealkylation sites (tertiary alicyclic amines) is 1. The largest absolute Gasteiger partial charge is 0.314 e. The van der Waals surface area contributed by atoms with E-state index in [1.54, 1.807) is 0 Å². The minimum Gasteiger partial charge on any atom is -0.314 e. The van der Waals surface area contributed by atoms with E-state index in [1.807, 2.05) is 0 Å². The van der Waals surface area contributed by atoms with Crippen LogP contribution in [0.5, 0.6) is 0 Å². The third kappa shape index (κ3) is 3.16. The van der Waals surface area contributed by atoms with E-state index in [1.165, 1.54) is 64.6 Å². The smallest absolute Gasteiger partial charge is 0.0121 e. The molecule has 0 aromatic rings. The summed E-state index contributed by atoms with van der Waals surface area (Å²) in [6.07, 6.45) is 10.1. The number of nitrogens with zero attached hydrogens (tertiary/aromatic N) is 1. The van der Waals surface area contributed by atoms with E-state index in [2.05, 4.69) is 24.1 Å². The Kier molecular flexibility index (Phi) is 4.48. The first-order valence-corrected chi connectivity index (χ1v) is 8.71. The van der Waals surface area contributed by atoms with E-state index in [0.717, 1.165) is 29.8 Å². The highest BCUT2D eigenvalue weighted by Crippen LogP contribution is 2.35. The Labute approximate surface area is 119 Å². The average molecular weight is 264 g/mol. The summed E-state index contributed by atoms with van der Waals surface area (Å²) in [6, 6.07) is 1.72. The van der Waals surface area contributed by atoms with Gasteiger partial charge in [-0.1, -0.05) is 13.8 Å². The Morgan fingerprint density at radius 1 is 1.00 bits per heavy atom. The first-order valence-electron chi connectivity index (χ1n) is 8.71. The van der Waals surface area contributed by atoms with Gasteiger partial charge in [-0.15, -0.1) is 0 Å². The summed E-state index contributed by atoms with van der Waals surface area (Å²) in [5.41, 5.74) is 0. The molecule has 0 amide bonds. The van der Waals surface area contributed by atoms with Crippen molar-refractivity contribution in [3.63, 3.8) is 0 Å². The van der Waals surface area contributed by atoms with Crippen LogP contribution in [0.3, 0.4) is 0 Å². The van der Waals surface area contributed by atoms with Crippen LogP contribution in [0.1, 0.15) is 58.8 Å². The fourth-order valence-electron chi connectivity index (χ4n) is 4.98. The first-order chi connectivity index (χ1) is 9.24. The molecule has 19 heavy (non-hydrogen) atoms. The highest BCUT2D eigenvalue weighted by molar-refractivity contribution is 4.91. The summed E-state index contributed by atoms with van der Waals surface area (Å²) < 4.78 is 0. The standard InChI is InChI=1S/C17H32N2/c1-13-7-8-17(14(2)11-13)19-10-4-5-15(12-19)16-6-3-9-18-16/h13-18H,3-12H2,1-2H3. The summed E-state index contributed by atoms with van der Waals surface area (Å²) in [7, 11) is 0. The molecule has 0 bridgehead atoms. The zero-order chi connectivity index (χ0) is 13.2. The van der Waals surface area contributed by atoms with Crippen molar-refractivity contribution in [1.29, 1.82) is 0 Å². The number of rotatable bonds is 2. The van der Waals surface area contributed by atoms with Crippen LogP contribution in [-0.4, -0.2) is 36.6 Å². The molecule has 2 heteroatoms. The molecule has 0 spiro atoms. The summed E-state index contributed by atoms with van der Waals surface area (Å²) in [5, 5.41) is 3.74. The van der Waals surface area contributed by atoms with Gasteiger partial charge in [-0.05, 0) is 75.8 Å². The van der Waals surface area contributed by atoms with Gasteiger partial charge in [0.2, 0.25) is 0 Å². The van der Waals surface area contributed by atoms with Crippen molar-refractivity contribution in [3.05, 3.63) is 0 Å². The quantitative estimate of drug-likeness (QED) is 0.823. The molecule has 110 valence electrons. The lowest BCUT2D eigenvalue weighted by Crippen LogP contribution is -2.50. The number of hydrogen-bond donors (Lipinski definition) is 1. The van der Waals surface area contributed by atoms with Crippen LogP contribution in [0, 0.1) is 17.8 Å². The topological polar surface area (TPSA) is 15.3 Å². The molecule has 2 nitrogen and oxygen atoms in total. The molecule has 2 aliphatic heterocycles. The molecule has 3 aliphatic rings. The molecule has 0 aromatic heterocycles. The lowest BCUT2D eigenvalue weighted by molar-refractivity contribution is 0.0479. The molecule has 3 fully saturated rings. The van der Waals surface area contributed by atoms with Crippen LogP contribution >= 0.6 is 0 Å². The third-order valence-electron chi connectivity index (χ3n) is 6.01. The predicted octanol–water partition coefficient (Wildman–Crippen LogP) is 3.28. The van der Waals surface area contributed by atoms with E-state index in [-0.39, 0.29) is 0 Å². The zero-order valence-electron chi connectivity index (χ0n) is 12.9. The van der Waals surface area contributed by atoms with Gasteiger partial charge in [0.15, 0.2) is 0 Å². The van der Waals surface area contributed by atoms with Gasteiger partial charge in [-0.3, -0.25) is 4.90 Å². The number of nitrogens with one attached hydrogen (secondary N) is 1. The lowest BCUT2D eigenvalue weighted by atomic mass is 9.77. The van der Waals surface area contributed by atoms with Gasteiger partial charge in [-0.2, -0.15) is 0 Å². The van der Waals surface area contributed by atoms with Crippen LogP contribution in [-0.2, 0) is 0 Å². The van der Waals surface area contributed by atoms with Gasteiger partial charge < -0.3 is 5.32 Å². The Balaban J connectivity index is 1.58. The molecular formula is C17H32N2. The van der Waals surface area contributed by atoms with Crippen molar-refractivity contribution in [3.8, 4) is 0 Å². The maximum Gasteiger partial charge on any atom is 0.0121 e. The average Bonchev–Trinajstić information content (AvgIpc) is 2.93. The van der Waals surface area contributed by atoms with Crippen molar-refractivity contribution >= 4 is 0 Å². The molecule has 0 radical (unpaired) electrons. The molecule has 3 rings (SSSR count). The summed E-state index contributed by atoms with van der Waals surface area (Å²) >= 11 is 0. The first kappa shape index (κ1) is 13.9. The highest BCUT2D eigenvalue weighted by Gasteiger charge is 2.35. The Hall–Kier alpha value is -0.0800. The van der Waals surface area contributed by atoms with E-state index >= 15 is 0 Å². The minimum atomic E-state index is 0.834. The molecule has 1 saturated carbocycles. The van der Waals surface area contributed by atoms with E-state index in [9.17, 15) is 0 Å². The second-order valence-electron chi connectivity index (χ2n) is 7.56. The molecule has 5 atom stereocenters. The maximum atomic E-state index is 3.74. The lowest BCUT2D eigenvalue weighted by Gasteiger charge is -2.45. The molecule has 2 heterocycles. The fourth-order valence-corrected chi connectivity index (χ4v) is 4.98. The molecule has 0 aromatic carbocycles.